The van der Waals surface area contributed by atoms with Gasteiger partial charge in [-0.1, -0.05) is 25.4 Å². The standard InChI is InChI=1S/C16H28ClN3O/c1-4-10-18-12-6-8-16(21,9-7-12)11-14-15(17)13(5-2)19-20(14)3/h12,18,21H,4-11H2,1-3H3. The molecule has 120 valence electrons. The van der Waals surface area contributed by atoms with Gasteiger partial charge in [0.05, 0.1) is 22.0 Å². The highest BCUT2D eigenvalue weighted by Gasteiger charge is 2.35. The van der Waals surface area contributed by atoms with Crippen LogP contribution in [0.25, 0.3) is 0 Å². The van der Waals surface area contributed by atoms with E-state index in [2.05, 4.69) is 24.3 Å². The number of aromatic nitrogens is 2. The minimum atomic E-state index is -0.632. The van der Waals surface area contributed by atoms with Gasteiger partial charge in [0.2, 0.25) is 0 Å². The minimum absolute atomic E-state index is 0.554. The van der Waals surface area contributed by atoms with Crippen LogP contribution in [-0.4, -0.2) is 33.1 Å². The Kier molecular flexibility index (Phi) is 5.69. The molecule has 0 radical (unpaired) electrons. The number of hydrogen-bond donors (Lipinski definition) is 2. The molecule has 1 aliphatic carbocycles. The Morgan fingerprint density at radius 1 is 1.38 bits per heavy atom. The fraction of sp³-hybridized carbons (Fsp3) is 0.812. The Balaban J connectivity index is 1.99. The third-order valence-corrected chi connectivity index (χ3v) is 5.04. The second-order valence-corrected chi connectivity index (χ2v) is 6.69. The Morgan fingerprint density at radius 2 is 2.05 bits per heavy atom. The summed E-state index contributed by atoms with van der Waals surface area (Å²) >= 11 is 6.40. The van der Waals surface area contributed by atoms with Crippen molar-refractivity contribution in [1.29, 1.82) is 0 Å². The molecule has 0 amide bonds. The lowest BCUT2D eigenvalue weighted by atomic mass is 9.79. The van der Waals surface area contributed by atoms with Crippen LogP contribution in [0.3, 0.4) is 0 Å². The molecule has 1 aromatic heterocycles. The molecule has 0 unspecified atom stereocenters. The molecule has 1 saturated carbocycles. The van der Waals surface area contributed by atoms with Crippen molar-refractivity contribution in [2.24, 2.45) is 7.05 Å². The third-order valence-electron chi connectivity index (χ3n) is 4.60. The minimum Gasteiger partial charge on any atom is -0.389 e. The van der Waals surface area contributed by atoms with E-state index >= 15 is 0 Å². The normalized spacial score (nSPS) is 26.2. The molecule has 0 aliphatic heterocycles. The summed E-state index contributed by atoms with van der Waals surface area (Å²) in [4.78, 5) is 0. The van der Waals surface area contributed by atoms with Gasteiger partial charge in [-0.05, 0) is 45.1 Å². The maximum absolute atomic E-state index is 10.9. The Morgan fingerprint density at radius 3 is 2.57 bits per heavy atom. The number of aryl methyl sites for hydroxylation is 2. The van der Waals surface area contributed by atoms with Crippen molar-refractivity contribution < 1.29 is 5.11 Å². The number of hydrogen-bond acceptors (Lipinski definition) is 3. The molecule has 0 bridgehead atoms. The van der Waals surface area contributed by atoms with Gasteiger partial charge in [-0.2, -0.15) is 5.10 Å². The summed E-state index contributed by atoms with van der Waals surface area (Å²) in [7, 11) is 1.91. The molecule has 1 heterocycles. The number of aliphatic hydroxyl groups is 1. The van der Waals surface area contributed by atoms with Gasteiger partial charge < -0.3 is 10.4 Å². The molecular formula is C16H28ClN3O. The Bertz CT molecular complexity index is 464. The van der Waals surface area contributed by atoms with Crippen molar-refractivity contribution in [3.8, 4) is 0 Å². The van der Waals surface area contributed by atoms with Crippen LogP contribution in [0.5, 0.6) is 0 Å². The molecule has 1 aliphatic rings. The van der Waals surface area contributed by atoms with E-state index in [1.165, 1.54) is 0 Å². The zero-order chi connectivity index (χ0) is 15.5. The summed E-state index contributed by atoms with van der Waals surface area (Å²) in [5.74, 6) is 0. The fourth-order valence-corrected chi connectivity index (χ4v) is 3.57. The predicted octanol–water partition coefficient (Wildman–Crippen LogP) is 2.85. The van der Waals surface area contributed by atoms with Crippen molar-refractivity contribution in [2.75, 3.05) is 6.54 Å². The fourth-order valence-electron chi connectivity index (χ4n) is 3.21. The number of nitrogens with zero attached hydrogens (tertiary/aromatic N) is 2. The van der Waals surface area contributed by atoms with Gasteiger partial charge >= 0.3 is 0 Å². The van der Waals surface area contributed by atoms with Crippen LogP contribution in [0, 0.1) is 0 Å². The summed E-state index contributed by atoms with van der Waals surface area (Å²) in [5.41, 5.74) is 1.26. The molecule has 1 aromatic rings. The van der Waals surface area contributed by atoms with Gasteiger partial charge in [-0.3, -0.25) is 4.68 Å². The van der Waals surface area contributed by atoms with E-state index in [0.717, 1.165) is 61.5 Å². The highest BCUT2D eigenvalue weighted by Crippen LogP contribution is 2.34. The van der Waals surface area contributed by atoms with Crippen LogP contribution in [0.4, 0.5) is 0 Å². The van der Waals surface area contributed by atoms with Gasteiger partial charge in [-0.15, -0.1) is 0 Å². The van der Waals surface area contributed by atoms with Gasteiger partial charge in [0.25, 0.3) is 0 Å². The Hall–Kier alpha value is -0.580. The maximum Gasteiger partial charge on any atom is 0.0850 e. The smallest absolute Gasteiger partial charge is 0.0850 e. The van der Waals surface area contributed by atoms with Crippen LogP contribution >= 0.6 is 11.6 Å². The average Bonchev–Trinajstić information content (AvgIpc) is 2.74. The molecule has 0 spiro atoms. The van der Waals surface area contributed by atoms with E-state index < -0.39 is 5.60 Å². The third kappa shape index (κ3) is 3.99. The Labute approximate surface area is 132 Å². The van der Waals surface area contributed by atoms with Crippen molar-refractivity contribution in [3.05, 3.63) is 16.4 Å². The first-order valence-electron chi connectivity index (χ1n) is 8.15. The first kappa shape index (κ1) is 16.8. The molecule has 2 N–H and O–H groups in total. The highest BCUT2D eigenvalue weighted by atomic mass is 35.5. The second-order valence-electron chi connectivity index (χ2n) is 6.31. The van der Waals surface area contributed by atoms with Crippen molar-refractivity contribution in [1.82, 2.24) is 15.1 Å². The van der Waals surface area contributed by atoms with Gasteiger partial charge in [-0.25, -0.2) is 0 Å². The van der Waals surface area contributed by atoms with E-state index in [1.54, 1.807) is 0 Å². The maximum atomic E-state index is 10.9. The zero-order valence-electron chi connectivity index (χ0n) is 13.5. The second kappa shape index (κ2) is 7.12. The van der Waals surface area contributed by atoms with Gasteiger partial charge in [0.1, 0.15) is 0 Å². The van der Waals surface area contributed by atoms with Gasteiger partial charge in [0, 0.05) is 19.5 Å². The molecule has 1 fully saturated rings. The zero-order valence-corrected chi connectivity index (χ0v) is 14.2. The molecule has 21 heavy (non-hydrogen) atoms. The summed E-state index contributed by atoms with van der Waals surface area (Å²) in [6.45, 7) is 5.30. The van der Waals surface area contributed by atoms with E-state index in [0.29, 0.717) is 12.5 Å². The SMILES string of the molecule is CCCNC1CCC(O)(Cc2c(Cl)c(CC)nn2C)CC1. The summed E-state index contributed by atoms with van der Waals surface area (Å²) in [6, 6.07) is 0.554. The summed E-state index contributed by atoms with van der Waals surface area (Å²) in [5, 5.41) is 19.6. The van der Waals surface area contributed by atoms with Crippen LogP contribution < -0.4 is 5.32 Å². The number of halogens is 1. The largest absolute Gasteiger partial charge is 0.389 e. The van der Waals surface area contributed by atoms with Crippen LogP contribution in [0.2, 0.25) is 5.02 Å². The quantitative estimate of drug-likeness (QED) is 0.849. The molecule has 2 rings (SSSR count). The van der Waals surface area contributed by atoms with Crippen molar-refractivity contribution in [3.63, 3.8) is 0 Å². The van der Waals surface area contributed by atoms with Crippen molar-refractivity contribution >= 4 is 11.6 Å². The van der Waals surface area contributed by atoms with E-state index in [4.69, 9.17) is 11.6 Å². The van der Waals surface area contributed by atoms with E-state index in [9.17, 15) is 5.11 Å². The van der Waals surface area contributed by atoms with Crippen molar-refractivity contribution in [2.45, 2.75) is 70.4 Å². The summed E-state index contributed by atoms with van der Waals surface area (Å²) in [6.07, 6.45) is 6.32. The highest BCUT2D eigenvalue weighted by molar-refractivity contribution is 6.31. The topological polar surface area (TPSA) is 50.1 Å². The molecule has 4 nitrogen and oxygen atoms in total. The number of rotatable bonds is 6. The molecule has 5 heteroatoms. The lowest BCUT2D eigenvalue weighted by molar-refractivity contribution is -0.00452. The van der Waals surface area contributed by atoms with E-state index in [-0.39, 0.29) is 0 Å². The molecular weight excluding hydrogens is 286 g/mol. The first-order valence-corrected chi connectivity index (χ1v) is 8.53. The number of nitrogens with one attached hydrogen (secondary N) is 1. The molecule has 0 saturated heterocycles. The van der Waals surface area contributed by atoms with Gasteiger partial charge in [0.15, 0.2) is 0 Å². The van der Waals surface area contributed by atoms with Crippen LogP contribution in [0.15, 0.2) is 0 Å². The molecule has 0 aromatic carbocycles. The lowest BCUT2D eigenvalue weighted by Crippen LogP contribution is -2.43. The van der Waals surface area contributed by atoms with Crippen LogP contribution in [0.1, 0.15) is 57.3 Å². The average molecular weight is 314 g/mol. The van der Waals surface area contributed by atoms with Crippen LogP contribution in [-0.2, 0) is 19.9 Å². The summed E-state index contributed by atoms with van der Waals surface area (Å²) < 4.78 is 1.83. The van der Waals surface area contributed by atoms with E-state index in [1.807, 2.05) is 11.7 Å². The monoisotopic (exact) mass is 313 g/mol. The predicted molar refractivity (Wildman–Crippen MR) is 86.8 cm³/mol. The lowest BCUT2D eigenvalue weighted by Gasteiger charge is -2.36. The first-order chi connectivity index (χ1) is 9.99. The molecule has 0 atom stereocenters.